The van der Waals surface area contributed by atoms with E-state index in [2.05, 4.69) is 41.5 Å². The number of hydrogen-bond acceptors (Lipinski definition) is 0. The predicted octanol–water partition coefficient (Wildman–Crippen LogP) is 7.87. The van der Waals surface area contributed by atoms with E-state index in [1.54, 1.807) is 33.4 Å². The fourth-order valence-corrected chi connectivity index (χ4v) is 4.29. The molecule has 0 heterocycles. The van der Waals surface area contributed by atoms with Gasteiger partial charge in [-0.05, 0) is 71.9 Å². The molecule has 3 aromatic carbocycles. The van der Waals surface area contributed by atoms with E-state index in [-0.39, 0.29) is 34.7 Å². The third-order valence-corrected chi connectivity index (χ3v) is 5.42. The molecule has 0 fully saturated rings. The quantitative estimate of drug-likeness (QED) is 0.315. The van der Waals surface area contributed by atoms with Gasteiger partial charge in [-0.15, -0.1) is 0 Å². The summed E-state index contributed by atoms with van der Waals surface area (Å²) in [5.74, 6) is 0. The minimum absolute atomic E-state index is 0. The van der Waals surface area contributed by atoms with Crippen LogP contribution in [-0.4, -0.2) is 0 Å². The molecule has 0 bridgehead atoms. The summed E-state index contributed by atoms with van der Waals surface area (Å²) in [5, 5.41) is 0. The van der Waals surface area contributed by atoms with Gasteiger partial charge in [0.25, 0.3) is 0 Å². The van der Waals surface area contributed by atoms with Crippen LogP contribution in [0.2, 0.25) is 0 Å². The van der Waals surface area contributed by atoms with Crippen LogP contribution in [0.5, 0.6) is 0 Å². The Morgan fingerprint density at radius 1 is 0.433 bits per heavy atom. The molecule has 2 heteroatoms. The van der Waals surface area contributed by atoms with Crippen molar-refractivity contribution in [3.63, 3.8) is 0 Å². The number of benzene rings is 1. The number of hydrogen-bond donors (Lipinski definition) is 0. The molecule has 0 aliphatic carbocycles. The SMILES string of the molecule is CCc1c(CC)c(CC)c(CC)c(CC)c1CC.[Cr].[Cr].[cH-]1[cH-][cH-][cH-][cH-]1.c1cc[cH-]c1. The van der Waals surface area contributed by atoms with Gasteiger partial charge in [-0.25, -0.2) is 12.1 Å². The fourth-order valence-electron chi connectivity index (χ4n) is 4.29. The third kappa shape index (κ3) is 9.00. The Kier molecular flexibility index (Phi) is 19.5. The van der Waals surface area contributed by atoms with Crippen LogP contribution in [0.3, 0.4) is 0 Å². The van der Waals surface area contributed by atoms with Gasteiger partial charge < -0.3 is 30.3 Å². The molecule has 30 heavy (non-hydrogen) atoms. The van der Waals surface area contributed by atoms with Crippen molar-refractivity contribution in [1.29, 1.82) is 0 Å². The molecule has 170 valence electrons. The molecule has 3 aromatic rings. The van der Waals surface area contributed by atoms with Gasteiger partial charge in [0, 0.05) is 34.7 Å². The van der Waals surface area contributed by atoms with Crippen LogP contribution in [-0.2, 0) is 73.2 Å². The van der Waals surface area contributed by atoms with Crippen LogP contribution in [0, 0.1) is 0 Å². The standard InChI is InChI=1S/C18H30.2C5H5.2Cr/c1-7-13-14(8-2)16(10-4)18(12-6)17(11-5)15(13)9-3;2*1-2-4-5-3-1;;/h7-12H2,1-6H3;2*1-5H;;/q;-5;-1;;. The summed E-state index contributed by atoms with van der Waals surface area (Å²) in [5.41, 5.74) is 9.95. The van der Waals surface area contributed by atoms with Crippen LogP contribution < -0.4 is 0 Å². The van der Waals surface area contributed by atoms with Gasteiger partial charge in [0.1, 0.15) is 0 Å². The zero-order chi connectivity index (χ0) is 20.8. The first-order chi connectivity index (χ1) is 13.7. The van der Waals surface area contributed by atoms with Crippen LogP contribution in [0.15, 0.2) is 60.7 Å². The predicted molar refractivity (Wildman–Crippen MR) is 127 cm³/mol. The van der Waals surface area contributed by atoms with Gasteiger partial charge in [-0.1, -0.05) is 41.5 Å². The van der Waals surface area contributed by atoms with Crippen molar-refractivity contribution in [3.05, 3.63) is 94.0 Å². The molecule has 0 spiro atoms. The summed E-state index contributed by atoms with van der Waals surface area (Å²) >= 11 is 0. The third-order valence-electron chi connectivity index (χ3n) is 5.42. The average Bonchev–Trinajstić information content (AvgIpc) is 3.49. The Morgan fingerprint density at radius 3 is 0.733 bits per heavy atom. The summed E-state index contributed by atoms with van der Waals surface area (Å²) in [6.45, 7) is 13.9. The van der Waals surface area contributed by atoms with Crippen molar-refractivity contribution in [2.75, 3.05) is 0 Å². The molecule has 0 saturated carbocycles. The minimum Gasteiger partial charge on any atom is -0.748 e. The van der Waals surface area contributed by atoms with Gasteiger partial charge in [-0.3, -0.25) is 0 Å². The van der Waals surface area contributed by atoms with E-state index < -0.39 is 0 Å². The second-order valence-corrected chi connectivity index (χ2v) is 6.92. The van der Waals surface area contributed by atoms with E-state index in [1.165, 1.54) is 38.5 Å². The summed E-state index contributed by atoms with van der Waals surface area (Å²) in [4.78, 5) is 0. The summed E-state index contributed by atoms with van der Waals surface area (Å²) in [6.07, 6.45) is 7.14. The molecule has 0 aliphatic rings. The maximum absolute atomic E-state index is 2.32. The molecule has 0 atom stereocenters. The van der Waals surface area contributed by atoms with E-state index >= 15 is 0 Å². The largest absolute Gasteiger partial charge is 0.748 e. The van der Waals surface area contributed by atoms with Crippen LogP contribution in [0.25, 0.3) is 0 Å². The molecule has 0 saturated heterocycles. The first-order valence-corrected chi connectivity index (χ1v) is 11.2. The van der Waals surface area contributed by atoms with E-state index in [0.717, 1.165) is 0 Å². The van der Waals surface area contributed by atoms with Gasteiger partial charge in [0.2, 0.25) is 0 Å². The summed E-state index contributed by atoms with van der Waals surface area (Å²) in [7, 11) is 0. The maximum Gasteiger partial charge on any atom is 0 e. The number of rotatable bonds is 6. The topological polar surface area (TPSA) is 0 Å². The van der Waals surface area contributed by atoms with Crippen molar-refractivity contribution < 1.29 is 34.7 Å². The van der Waals surface area contributed by atoms with Gasteiger partial charge in [0.15, 0.2) is 0 Å². The Bertz CT molecular complexity index is 556. The molecular formula is C28H40Cr2-6. The zero-order valence-electron chi connectivity index (χ0n) is 19.8. The van der Waals surface area contributed by atoms with E-state index in [0.29, 0.717) is 0 Å². The van der Waals surface area contributed by atoms with E-state index in [9.17, 15) is 0 Å². The molecule has 0 aromatic heterocycles. The van der Waals surface area contributed by atoms with Crippen molar-refractivity contribution >= 4 is 0 Å². The Balaban J connectivity index is 0. The molecule has 0 unspecified atom stereocenters. The average molecular weight is 481 g/mol. The molecule has 0 aliphatic heterocycles. The van der Waals surface area contributed by atoms with Crippen LogP contribution in [0.1, 0.15) is 74.9 Å². The van der Waals surface area contributed by atoms with E-state index in [1.807, 2.05) is 60.7 Å². The maximum atomic E-state index is 2.32. The second kappa shape index (κ2) is 18.7. The van der Waals surface area contributed by atoms with Crippen molar-refractivity contribution in [2.45, 2.75) is 80.1 Å². The first-order valence-electron chi connectivity index (χ1n) is 11.2. The monoisotopic (exact) mass is 480 g/mol. The smallest absolute Gasteiger partial charge is 0 e. The Morgan fingerprint density at radius 2 is 0.633 bits per heavy atom. The van der Waals surface area contributed by atoms with Gasteiger partial charge in [-0.2, -0.15) is 18.2 Å². The molecule has 0 amide bonds. The summed E-state index contributed by atoms with van der Waals surface area (Å²) < 4.78 is 0. The van der Waals surface area contributed by atoms with Crippen molar-refractivity contribution in [2.24, 2.45) is 0 Å². The van der Waals surface area contributed by atoms with E-state index in [4.69, 9.17) is 0 Å². The zero-order valence-corrected chi connectivity index (χ0v) is 22.4. The van der Waals surface area contributed by atoms with Gasteiger partial charge in [0.05, 0.1) is 0 Å². The Hall–Kier alpha value is -1.02. The van der Waals surface area contributed by atoms with Crippen molar-refractivity contribution in [1.82, 2.24) is 0 Å². The molecule has 0 nitrogen and oxygen atoms in total. The molecule has 0 N–H and O–H groups in total. The van der Waals surface area contributed by atoms with Crippen LogP contribution >= 0.6 is 0 Å². The normalized spacial score (nSPS) is 9.27. The Labute approximate surface area is 208 Å². The molecule has 3 rings (SSSR count). The minimum atomic E-state index is 0. The van der Waals surface area contributed by atoms with Crippen LogP contribution in [0.4, 0.5) is 0 Å². The fraction of sp³-hybridized carbons (Fsp3) is 0.429. The first kappa shape index (κ1) is 31.2. The molecular weight excluding hydrogens is 440 g/mol. The molecule has 0 radical (unpaired) electrons. The van der Waals surface area contributed by atoms with Crippen molar-refractivity contribution in [3.8, 4) is 0 Å². The van der Waals surface area contributed by atoms with Gasteiger partial charge >= 0.3 is 0 Å². The second-order valence-electron chi connectivity index (χ2n) is 6.92. The summed E-state index contributed by atoms with van der Waals surface area (Å²) in [6, 6.07) is 20.0.